The van der Waals surface area contributed by atoms with Gasteiger partial charge >= 0.3 is 0 Å². The van der Waals surface area contributed by atoms with E-state index in [0.29, 0.717) is 13.1 Å². The maximum absolute atomic E-state index is 11.5. The monoisotopic (exact) mass is 271 g/mol. The zero-order valence-electron chi connectivity index (χ0n) is 11.9. The molecule has 106 valence electrons. The number of benzene rings is 1. The van der Waals surface area contributed by atoms with Crippen molar-refractivity contribution < 1.29 is 4.79 Å². The van der Waals surface area contributed by atoms with Crippen LogP contribution in [-0.2, 0) is 11.2 Å². The number of nitrogens with one attached hydrogen (secondary N) is 1. The minimum absolute atomic E-state index is 0.251. The molecule has 4 heteroatoms. The molecular weight excluding hydrogens is 250 g/mol. The lowest BCUT2D eigenvalue weighted by atomic mass is 9.81. The van der Waals surface area contributed by atoms with Crippen molar-refractivity contribution >= 4 is 6.29 Å². The molecule has 2 atom stereocenters. The predicted molar refractivity (Wildman–Crippen MR) is 77.9 cm³/mol. The lowest BCUT2D eigenvalue weighted by molar-refractivity contribution is -0.116. The third-order valence-electron chi connectivity index (χ3n) is 4.16. The van der Waals surface area contributed by atoms with Gasteiger partial charge in [-0.3, -0.25) is 0 Å². The quantitative estimate of drug-likeness (QED) is 0.630. The Morgan fingerprint density at radius 1 is 1.50 bits per heavy atom. The van der Waals surface area contributed by atoms with E-state index in [-0.39, 0.29) is 11.5 Å². The van der Waals surface area contributed by atoms with Crippen molar-refractivity contribution in [2.75, 3.05) is 20.1 Å². The summed E-state index contributed by atoms with van der Waals surface area (Å²) < 4.78 is 0. The Morgan fingerprint density at radius 2 is 2.25 bits per heavy atom. The number of hydrogen-bond donors (Lipinski definition) is 1. The van der Waals surface area contributed by atoms with E-state index in [2.05, 4.69) is 23.6 Å². The van der Waals surface area contributed by atoms with Crippen LogP contribution in [-0.4, -0.2) is 37.4 Å². The summed E-state index contributed by atoms with van der Waals surface area (Å²) in [7, 11) is 1.93. The van der Waals surface area contributed by atoms with Gasteiger partial charge in [0, 0.05) is 24.5 Å². The van der Waals surface area contributed by atoms with E-state index in [1.807, 2.05) is 25.2 Å². The summed E-state index contributed by atoms with van der Waals surface area (Å²) in [5, 5.41) is 12.3. The van der Waals surface area contributed by atoms with Crippen LogP contribution in [0.3, 0.4) is 0 Å². The zero-order valence-corrected chi connectivity index (χ0v) is 11.9. The third kappa shape index (κ3) is 3.37. The number of rotatable bonds is 6. The number of hydrogen-bond acceptors (Lipinski definition) is 4. The van der Waals surface area contributed by atoms with Gasteiger partial charge in [0.1, 0.15) is 6.29 Å². The summed E-state index contributed by atoms with van der Waals surface area (Å²) >= 11 is 0. The number of likely N-dealkylation sites (tertiary alicyclic amines) is 1. The predicted octanol–water partition coefficient (Wildman–Crippen LogP) is 1.58. The second-order valence-electron chi connectivity index (χ2n) is 5.63. The normalized spacial score (nSPS) is 23.3. The Morgan fingerprint density at radius 3 is 2.80 bits per heavy atom. The molecule has 1 aliphatic heterocycles. The molecule has 2 rings (SSSR count). The molecule has 1 N–H and O–H groups in total. The summed E-state index contributed by atoms with van der Waals surface area (Å²) in [6, 6.07) is 10.5. The lowest BCUT2D eigenvalue weighted by Crippen LogP contribution is -2.37. The largest absolute Gasteiger partial charge is 0.317 e. The lowest BCUT2D eigenvalue weighted by Gasteiger charge is -2.27. The van der Waals surface area contributed by atoms with Crippen LogP contribution in [0.5, 0.6) is 0 Å². The van der Waals surface area contributed by atoms with Crippen molar-refractivity contribution in [3.05, 3.63) is 35.9 Å². The highest BCUT2D eigenvalue weighted by Crippen LogP contribution is 2.33. The maximum Gasteiger partial charge on any atom is 0.179 e. The van der Waals surface area contributed by atoms with Gasteiger partial charge in [0.15, 0.2) is 6.19 Å². The zero-order chi connectivity index (χ0) is 14.4. The van der Waals surface area contributed by atoms with E-state index in [4.69, 9.17) is 5.26 Å². The first-order valence-electron chi connectivity index (χ1n) is 7.03. The molecule has 4 nitrogen and oxygen atoms in total. The molecule has 1 aliphatic rings. The van der Waals surface area contributed by atoms with Crippen LogP contribution in [0.2, 0.25) is 0 Å². The summed E-state index contributed by atoms with van der Waals surface area (Å²) in [6.45, 7) is 1.25. The first-order valence-corrected chi connectivity index (χ1v) is 7.03. The van der Waals surface area contributed by atoms with Gasteiger partial charge in [0.05, 0.1) is 0 Å². The van der Waals surface area contributed by atoms with E-state index in [9.17, 15) is 4.79 Å². The molecule has 1 aromatic carbocycles. The summed E-state index contributed by atoms with van der Waals surface area (Å²) in [5.41, 5.74) is 0.890. The fourth-order valence-corrected chi connectivity index (χ4v) is 2.96. The smallest absolute Gasteiger partial charge is 0.179 e. The van der Waals surface area contributed by atoms with Gasteiger partial charge in [-0.2, -0.15) is 5.26 Å². The number of aldehydes is 1. The minimum Gasteiger partial charge on any atom is -0.317 e. The summed E-state index contributed by atoms with van der Waals surface area (Å²) in [4.78, 5) is 13.2. The molecule has 1 aromatic rings. The third-order valence-corrected chi connectivity index (χ3v) is 4.16. The molecule has 1 fully saturated rings. The molecule has 1 heterocycles. The highest BCUT2D eigenvalue weighted by Gasteiger charge is 2.39. The van der Waals surface area contributed by atoms with E-state index < -0.39 is 0 Å². The Kier molecular flexibility index (Phi) is 4.75. The van der Waals surface area contributed by atoms with E-state index in [0.717, 1.165) is 25.5 Å². The minimum atomic E-state index is -0.377. The van der Waals surface area contributed by atoms with Crippen molar-refractivity contribution in [1.82, 2.24) is 10.2 Å². The number of nitrogens with zero attached hydrogens (tertiary/aromatic N) is 2. The van der Waals surface area contributed by atoms with Crippen LogP contribution in [0.4, 0.5) is 0 Å². The molecule has 1 saturated heterocycles. The van der Waals surface area contributed by atoms with Gasteiger partial charge in [0.25, 0.3) is 0 Å². The Balaban J connectivity index is 2.02. The van der Waals surface area contributed by atoms with Crippen molar-refractivity contribution in [2.24, 2.45) is 5.41 Å². The van der Waals surface area contributed by atoms with Gasteiger partial charge in [0.2, 0.25) is 0 Å². The van der Waals surface area contributed by atoms with Crippen molar-refractivity contribution in [3.8, 4) is 6.19 Å². The van der Waals surface area contributed by atoms with E-state index in [1.165, 1.54) is 5.56 Å². The molecule has 0 aliphatic carbocycles. The van der Waals surface area contributed by atoms with Gasteiger partial charge in [-0.15, -0.1) is 0 Å². The summed E-state index contributed by atoms with van der Waals surface area (Å²) in [5.74, 6) is 0. The Hall–Kier alpha value is -1.86. The van der Waals surface area contributed by atoms with Crippen LogP contribution in [0.1, 0.15) is 18.4 Å². The molecule has 0 radical (unpaired) electrons. The van der Waals surface area contributed by atoms with Gasteiger partial charge < -0.3 is 15.0 Å². The Labute approximate surface area is 120 Å². The van der Waals surface area contributed by atoms with Crippen molar-refractivity contribution in [1.29, 1.82) is 5.26 Å². The number of nitriles is 1. The molecule has 0 spiro atoms. The fourth-order valence-electron chi connectivity index (χ4n) is 2.96. The number of carbonyl (C=O) groups is 1. The number of likely N-dealkylation sites (N-methyl/N-ethyl adjacent to an activating group) is 1. The second kappa shape index (κ2) is 6.53. The first-order chi connectivity index (χ1) is 9.71. The SMILES string of the molecule is CNC(Cc1ccccc1)CC1(C=O)CCN(C#N)C1. The highest BCUT2D eigenvalue weighted by molar-refractivity contribution is 5.60. The molecule has 0 saturated carbocycles. The van der Waals surface area contributed by atoms with E-state index >= 15 is 0 Å². The molecule has 2 unspecified atom stereocenters. The van der Waals surface area contributed by atoms with Gasteiger partial charge in [-0.05, 0) is 31.9 Å². The highest BCUT2D eigenvalue weighted by atomic mass is 16.1. The second-order valence-corrected chi connectivity index (χ2v) is 5.63. The molecular formula is C16H21N3O. The molecule has 0 aromatic heterocycles. The number of carbonyl (C=O) groups excluding carboxylic acids is 1. The van der Waals surface area contributed by atoms with Crippen LogP contribution >= 0.6 is 0 Å². The maximum atomic E-state index is 11.5. The fraction of sp³-hybridized carbons (Fsp3) is 0.500. The van der Waals surface area contributed by atoms with Crippen LogP contribution in [0, 0.1) is 16.9 Å². The molecule has 0 bridgehead atoms. The van der Waals surface area contributed by atoms with Crippen LogP contribution in [0.15, 0.2) is 30.3 Å². The topological polar surface area (TPSA) is 56.1 Å². The van der Waals surface area contributed by atoms with Gasteiger partial charge in [-0.25, -0.2) is 0 Å². The molecule has 20 heavy (non-hydrogen) atoms. The van der Waals surface area contributed by atoms with Gasteiger partial charge in [-0.1, -0.05) is 30.3 Å². The average molecular weight is 271 g/mol. The van der Waals surface area contributed by atoms with Crippen molar-refractivity contribution in [2.45, 2.75) is 25.3 Å². The van der Waals surface area contributed by atoms with Crippen LogP contribution < -0.4 is 5.32 Å². The van der Waals surface area contributed by atoms with Crippen molar-refractivity contribution in [3.63, 3.8) is 0 Å². The van der Waals surface area contributed by atoms with Crippen LogP contribution in [0.25, 0.3) is 0 Å². The standard InChI is InChI=1S/C16H21N3O/c1-18-15(9-14-5-3-2-4-6-14)10-16(12-20)7-8-19(11-16)13-17/h2-6,12,15,18H,7-11H2,1H3. The first kappa shape index (κ1) is 14.5. The average Bonchev–Trinajstić information content (AvgIpc) is 2.91. The molecule has 0 amide bonds. The summed E-state index contributed by atoms with van der Waals surface area (Å²) in [6.07, 6.45) is 5.66. The Bertz CT molecular complexity index is 482. The van der Waals surface area contributed by atoms with E-state index in [1.54, 1.807) is 4.90 Å².